The molecule has 1 unspecified atom stereocenters. The highest BCUT2D eigenvalue weighted by atomic mass is 32.1. The van der Waals surface area contributed by atoms with Crippen molar-refractivity contribution in [2.75, 3.05) is 13.1 Å². The van der Waals surface area contributed by atoms with Crippen LogP contribution in [-0.4, -0.2) is 34.2 Å². The molecule has 2 N–H and O–H groups in total. The molecule has 6 heteroatoms. The molecule has 1 aromatic carbocycles. The number of nitrogens with zero attached hydrogens (tertiary/aromatic N) is 2. The molecule has 1 aliphatic rings. The zero-order valence-corrected chi connectivity index (χ0v) is 12.9. The monoisotopic (exact) mass is 315 g/mol. The number of amides is 2. The molecule has 114 valence electrons. The average Bonchev–Trinajstić information content (AvgIpc) is 3.18. The van der Waals surface area contributed by atoms with E-state index < -0.39 is 5.91 Å². The van der Waals surface area contributed by atoms with Crippen LogP contribution >= 0.6 is 11.5 Å². The topological polar surface area (TPSA) is 76.3 Å². The predicted molar refractivity (Wildman–Crippen MR) is 84.8 cm³/mol. The summed E-state index contributed by atoms with van der Waals surface area (Å²) in [5, 5.41) is 0. The molecule has 2 heterocycles. The summed E-state index contributed by atoms with van der Waals surface area (Å²) in [6.45, 7) is 1.52. The van der Waals surface area contributed by atoms with E-state index in [1.807, 2.05) is 23.1 Å². The Kier molecular flexibility index (Phi) is 4.20. The molecule has 0 saturated carbocycles. The summed E-state index contributed by atoms with van der Waals surface area (Å²) in [5.74, 6) is 0.0751. The van der Waals surface area contributed by atoms with E-state index in [0.717, 1.165) is 31.5 Å². The van der Waals surface area contributed by atoms with Crippen LogP contribution in [0.15, 0.2) is 36.5 Å². The fourth-order valence-corrected chi connectivity index (χ4v) is 3.41. The Hall–Kier alpha value is -2.21. The summed E-state index contributed by atoms with van der Waals surface area (Å²) >= 11 is 1.24. The van der Waals surface area contributed by atoms with Gasteiger partial charge in [-0.25, -0.2) is 4.37 Å². The van der Waals surface area contributed by atoms with Crippen LogP contribution in [0.2, 0.25) is 0 Å². The van der Waals surface area contributed by atoms with Crippen LogP contribution in [0.5, 0.6) is 0 Å². The number of likely N-dealkylation sites (tertiary alicyclic amines) is 1. The number of nitrogens with two attached hydrogens (primary N) is 1. The number of rotatable bonds is 4. The van der Waals surface area contributed by atoms with Crippen LogP contribution in [0.1, 0.15) is 32.0 Å². The normalized spacial score (nSPS) is 17.6. The van der Waals surface area contributed by atoms with Crippen molar-refractivity contribution in [3.05, 3.63) is 52.5 Å². The molecule has 5 nitrogen and oxygen atoms in total. The summed E-state index contributed by atoms with van der Waals surface area (Å²) in [6.07, 6.45) is 3.49. The van der Waals surface area contributed by atoms with Gasteiger partial charge in [0.05, 0.1) is 0 Å². The van der Waals surface area contributed by atoms with Gasteiger partial charge in [0.15, 0.2) is 0 Å². The zero-order chi connectivity index (χ0) is 15.5. The molecule has 1 aromatic heterocycles. The Morgan fingerprint density at radius 3 is 2.95 bits per heavy atom. The first kappa shape index (κ1) is 14.7. The van der Waals surface area contributed by atoms with Gasteiger partial charge in [0, 0.05) is 24.8 Å². The lowest BCUT2D eigenvalue weighted by Gasteiger charge is -2.15. The van der Waals surface area contributed by atoms with Gasteiger partial charge in [-0.05, 0) is 54.1 Å². The summed E-state index contributed by atoms with van der Waals surface area (Å²) in [7, 11) is 0. The van der Waals surface area contributed by atoms with Gasteiger partial charge in [0.1, 0.15) is 4.88 Å². The minimum absolute atomic E-state index is 0.0656. The fraction of sp³-hybridized carbons (Fsp3) is 0.312. The van der Waals surface area contributed by atoms with E-state index in [4.69, 9.17) is 5.73 Å². The Bertz CT molecular complexity index is 684. The van der Waals surface area contributed by atoms with E-state index in [0.29, 0.717) is 16.4 Å². The molecule has 22 heavy (non-hydrogen) atoms. The van der Waals surface area contributed by atoms with Crippen molar-refractivity contribution in [2.45, 2.75) is 12.8 Å². The smallest absolute Gasteiger partial charge is 0.265 e. The average molecular weight is 315 g/mol. The second kappa shape index (κ2) is 6.27. The highest BCUT2D eigenvalue weighted by Crippen LogP contribution is 2.23. The maximum absolute atomic E-state index is 12.3. The van der Waals surface area contributed by atoms with Crippen molar-refractivity contribution in [2.24, 2.45) is 11.7 Å². The highest BCUT2D eigenvalue weighted by Gasteiger charge is 2.27. The Labute approximate surface area is 132 Å². The Morgan fingerprint density at radius 1 is 1.36 bits per heavy atom. The van der Waals surface area contributed by atoms with Crippen LogP contribution in [0.4, 0.5) is 0 Å². The number of carbonyl (C=O) groups is 2. The zero-order valence-electron chi connectivity index (χ0n) is 12.1. The second-order valence-corrected chi connectivity index (χ2v) is 6.38. The van der Waals surface area contributed by atoms with E-state index in [1.165, 1.54) is 11.5 Å². The van der Waals surface area contributed by atoms with Gasteiger partial charge in [-0.15, -0.1) is 0 Å². The molecular weight excluding hydrogens is 298 g/mol. The van der Waals surface area contributed by atoms with Gasteiger partial charge in [0.2, 0.25) is 5.91 Å². The van der Waals surface area contributed by atoms with Gasteiger partial charge in [-0.1, -0.05) is 12.1 Å². The van der Waals surface area contributed by atoms with Gasteiger partial charge in [0.25, 0.3) is 5.91 Å². The number of carbonyl (C=O) groups excluding carboxylic acids is 2. The van der Waals surface area contributed by atoms with Crippen molar-refractivity contribution in [1.82, 2.24) is 9.27 Å². The van der Waals surface area contributed by atoms with Crippen molar-refractivity contribution in [1.29, 1.82) is 0 Å². The molecular formula is C16H17N3O2S. The summed E-state index contributed by atoms with van der Waals surface area (Å²) < 4.78 is 3.98. The number of primary amides is 1. The number of aromatic nitrogens is 1. The standard InChI is InChI=1S/C16H17N3O2S/c17-15(20)13-3-1-2-11(9-13)8-12-5-7-19(10-12)16(21)14-4-6-18-22-14/h1-4,6,9,12H,5,7-8,10H2,(H2,17,20). The molecule has 0 radical (unpaired) electrons. The van der Waals surface area contributed by atoms with Crippen molar-refractivity contribution in [3.63, 3.8) is 0 Å². The minimum atomic E-state index is -0.407. The van der Waals surface area contributed by atoms with E-state index in [9.17, 15) is 9.59 Å². The lowest BCUT2D eigenvalue weighted by Crippen LogP contribution is -2.28. The van der Waals surface area contributed by atoms with Crippen LogP contribution in [0.3, 0.4) is 0 Å². The maximum Gasteiger partial charge on any atom is 0.265 e. The van der Waals surface area contributed by atoms with E-state index in [1.54, 1.807) is 18.3 Å². The minimum Gasteiger partial charge on any atom is -0.366 e. The van der Waals surface area contributed by atoms with E-state index in [2.05, 4.69) is 4.37 Å². The first-order valence-electron chi connectivity index (χ1n) is 7.22. The molecule has 0 spiro atoms. The Morgan fingerprint density at radius 2 is 2.23 bits per heavy atom. The van der Waals surface area contributed by atoms with Gasteiger partial charge in [-0.3, -0.25) is 9.59 Å². The molecule has 2 aromatic rings. The van der Waals surface area contributed by atoms with E-state index in [-0.39, 0.29) is 5.91 Å². The van der Waals surface area contributed by atoms with Crippen molar-refractivity contribution >= 4 is 23.3 Å². The predicted octanol–water partition coefficient (Wildman–Crippen LogP) is 1.95. The fourth-order valence-electron chi connectivity index (χ4n) is 2.85. The van der Waals surface area contributed by atoms with Crippen LogP contribution < -0.4 is 5.73 Å². The molecule has 1 aliphatic heterocycles. The summed E-state index contributed by atoms with van der Waals surface area (Å²) in [4.78, 5) is 26.1. The largest absolute Gasteiger partial charge is 0.366 e. The third-order valence-electron chi connectivity index (χ3n) is 3.96. The van der Waals surface area contributed by atoms with E-state index >= 15 is 0 Å². The third-order valence-corrected chi connectivity index (χ3v) is 4.69. The van der Waals surface area contributed by atoms with Gasteiger partial charge in [-0.2, -0.15) is 0 Å². The maximum atomic E-state index is 12.3. The number of benzene rings is 1. The van der Waals surface area contributed by atoms with Crippen LogP contribution in [-0.2, 0) is 6.42 Å². The van der Waals surface area contributed by atoms with Crippen molar-refractivity contribution < 1.29 is 9.59 Å². The summed E-state index contributed by atoms with van der Waals surface area (Å²) in [5.41, 5.74) is 6.94. The van der Waals surface area contributed by atoms with Gasteiger partial charge < -0.3 is 10.6 Å². The molecule has 1 atom stereocenters. The molecule has 1 fully saturated rings. The molecule has 1 saturated heterocycles. The second-order valence-electron chi connectivity index (χ2n) is 5.55. The molecule has 0 bridgehead atoms. The third kappa shape index (κ3) is 3.17. The Balaban J connectivity index is 1.62. The quantitative estimate of drug-likeness (QED) is 0.937. The molecule has 3 rings (SSSR count). The van der Waals surface area contributed by atoms with Crippen molar-refractivity contribution in [3.8, 4) is 0 Å². The van der Waals surface area contributed by atoms with Gasteiger partial charge >= 0.3 is 0 Å². The first-order valence-corrected chi connectivity index (χ1v) is 7.99. The lowest BCUT2D eigenvalue weighted by molar-refractivity contribution is 0.0791. The lowest BCUT2D eigenvalue weighted by atomic mass is 9.97. The van der Waals surface area contributed by atoms with Crippen LogP contribution in [0.25, 0.3) is 0 Å². The highest BCUT2D eigenvalue weighted by molar-refractivity contribution is 7.08. The molecule has 2 amide bonds. The van der Waals surface area contributed by atoms with Crippen LogP contribution in [0, 0.1) is 5.92 Å². The first-order chi connectivity index (χ1) is 10.6. The SMILES string of the molecule is NC(=O)c1cccc(CC2CCN(C(=O)c3ccns3)C2)c1. The number of hydrogen-bond acceptors (Lipinski definition) is 4. The molecule has 0 aliphatic carbocycles. The number of hydrogen-bond donors (Lipinski definition) is 1. The summed E-state index contributed by atoms with van der Waals surface area (Å²) in [6, 6.07) is 9.18.